The Labute approximate surface area is 94.3 Å². The molecular formula is C12H14ClFO. The van der Waals surface area contributed by atoms with Crippen molar-refractivity contribution in [2.45, 2.75) is 27.2 Å². The van der Waals surface area contributed by atoms with Gasteiger partial charge in [0.15, 0.2) is 5.78 Å². The molecule has 0 saturated carbocycles. The number of benzene rings is 1. The van der Waals surface area contributed by atoms with Gasteiger partial charge in [-0.15, -0.1) is 0 Å². The van der Waals surface area contributed by atoms with E-state index in [9.17, 15) is 9.18 Å². The molecule has 0 aliphatic rings. The molecule has 1 nitrogen and oxygen atoms in total. The van der Waals surface area contributed by atoms with Crippen molar-refractivity contribution < 1.29 is 9.18 Å². The van der Waals surface area contributed by atoms with E-state index in [0.29, 0.717) is 12.0 Å². The molecule has 3 heteroatoms. The standard InChI is InChI=1S/C12H14ClFO/c1-12(2,3)7-11(15)9-5-4-8(14)6-10(9)13/h4-6H,7H2,1-3H3. The number of Topliss-reactive ketones (excluding diaryl/α,β-unsaturated/α-hetero) is 1. The summed E-state index contributed by atoms with van der Waals surface area (Å²) < 4.78 is 12.8. The minimum atomic E-state index is -0.424. The van der Waals surface area contributed by atoms with Crippen LogP contribution in [-0.4, -0.2) is 5.78 Å². The van der Waals surface area contributed by atoms with E-state index >= 15 is 0 Å². The highest BCUT2D eigenvalue weighted by molar-refractivity contribution is 6.33. The Hall–Kier alpha value is -0.890. The maximum atomic E-state index is 12.8. The van der Waals surface area contributed by atoms with Gasteiger partial charge in [-0.3, -0.25) is 4.79 Å². The second-order valence-corrected chi connectivity index (χ2v) is 5.19. The topological polar surface area (TPSA) is 17.1 Å². The normalized spacial score (nSPS) is 11.5. The van der Waals surface area contributed by atoms with E-state index in [-0.39, 0.29) is 16.2 Å². The van der Waals surface area contributed by atoms with Crippen molar-refractivity contribution in [3.05, 3.63) is 34.6 Å². The maximum Gasteiger partial charge on any atom is 0.164 e. The van der Waals surface area contributed by atoms with Crippen molar-refractivity contribution in [3.8, 4) is 0 Å². The second kappa shape index (κ2) is 4.31. The average molecular weight is 229 g/mol. The molecule has 0 amide bonds. The highest BCUT2D eigenvalue weighted by Crippen LogP contribution is 2.25. The lowest BCUT2D eigenvalue weighted by Gasteiger charge is -2.17. The zero-order valence-corrected chi connectivity index (χ0v) is 9.86. The number of hydrogen-bond acceptors (Lipinski definition) is 1. The number of ketones is 1. The van der Waals surface area contributed by atoms with Crippen molar-refractivity contribution in [2.75, 3.05) is 0 Å². The van der Waals surface area contributed by atoms with E-state index in [4.69, 9.17) is 11.6 Å². The second-order valence-electron chi connectivity index (χ2n) is 4.78. The summed E-state index contributed by atoms with van der Waals surface area (Å²) in [5, 5.41) is 0.184. The Balaban J connectivity index is 2.92. The molecule has 0 saturated heterocycles. The molecule has 15 heavy (non-hydrogen) atoms. The zero-order valence-electron chi connectivity index (χ0n) is 9.10. The van der Waals surface area contributed by atoms with Crippen molar-refractivity contribution in [1.82, 2.24) is 0 Å². The van der Waals surface area contributed by atoms with E-state index in [1.165, 1.54) is 12.1 Å². The molecule has 1 aromatic rings. The molecule has 1 aromatic carbocycles. The Morgan fingerprint density at radius 1 is 1.40 bits per heavy atom. The number of rotatable bonds is 2. The van der Waals surface area contributed by atoms with E-state index < -0.39 is 5.82 Å². The smallest absolute Gasteiger partial charge is 0.164 e. The van der Waals surface area contributed by atoms with Gasteiger partial charge in [0.05, 0.1) is 5.02 Å². The Kier molecular flexibility index (Phi) is 3.50. The molecule has 0 atom stereocenters. The number of hydrogen-bond donors (Lipinski definition) is 0. The van der Waals surface area contributed by atoms with Gasteiger partial charge in [0, 0.05) is 12.0 Å². The van der Waals surface area contributed by atoms with Crippen LogP contribution in [0, 0.1) is 11.2 Å². The summed E-state index contributed by atoms with van der Waals surface area (Å²) in [6, 6.07) is 3.85. The van der Waals surface area contributed by atoms with Crippen LogP contribution in [0.15, 0.2) is 18.2 Å². The lowest BCUT2D eigenvalue weighted by atomic mass is 9.88. The summed E-state index contributed by atoms with van der Waals surface area (Å²) in [6.45, 7) is 5.92. The van der Waals surface area contributed by atoms with Crippen LogP contribution in [0.4, 0.5) is 4.39 Å². The maximum absolute atomic E-state index is 12.8. The molecule has 0 fully saturated rings. The highest BCUT2D eigenvalue weighted by atomic mass is 35.5. The van der Waals surface area contributed by atoms with Crippen LogP contribution < -0.4 is 0 Å². The number of carbonyl (C=O) groups excluding carboxylic acids is 1. The minimum absolute atomic E-state index is 0.0486. The molecule has 0 aromatic heterocycles. The van der Waals surface area contributed by atoms with E-state index in [2.05, 4.69) is 0 Å². The Morgan fingerprint density at radius 2 is 2.00 bits per heavy atom. The molecule has 0 radical (unpaired) electrons. The summed E-state index contributed by atoms with van der Waals surface area (Å²) in [4.78, 5) is 11.8. The van der Waals surface area contributed by atoms with Gasteiger partial charge in [-0.1, -0.05) is 32.4 Å². The van der Waals surface area contributed by atoms with Crippen LogP contribution in [0.5, 0.6) is 0 Å². The fraction of sp³-hybridized carbons (Fsp3) is 0.417. The van der Waals surface area contributed by atoms with Crippen molar-refractivity contribution >= 4 is 17.4 Å². The molecule has 0 aliphatic heterocycles. The zero-order chi connectivity index (χ0) is 11.6. The molecular weight excluding hydrogens is 215 g/mol. The van der Waals surface area contributed by atoms with Gasteiger partial charge in [-0.05, 0) is 23.6 Å². The van der Waals surface area contributed by atoms with Crippen molar-refractivity contribution in [2.24, 2.45) is 5.41 Å². The van der Waals surface area contributed by atoms with Crippen molar-refractivity contribution in [1.29, 1.82) is 0 Å². The van der Waals surface area contributed by atoms with Crippen LogP contribution in [0.1, 0.15) is 37.6 Å². The largest absolute Gasteiger partial charge is 0.294 e. The van der Waals surface area contributed by atoms with Crippen LogP contribution in [0.2, 0.25) is 5.02 Å². The van der Waals surface area contributed by atoms with Gasteiger partial charge in [-0.2, -0.15) is 0 Å². The minimum Gasteiger partial charge on any atom is -0.294 e. The SMILES string of the molecule is CC(C)(C)CC(=O)c1ccc(F)cc1Cl. The van der Waals surface area contributed by atoms with Crippen LogP contribution in [0.25, 0.3) is 0 Å². The fourth-order valence-electron chi connectivity index (χ4n) is 1.29. The highest BCUT2D eigenvalue weighted by Gasteiger charge is 2.19. The van der Waals surface area contributed by atoms with Gasteiger partial charge in [0.1, 0.15) is 5.82 Å². The lowest BCUT2D eigenvalue weighted by Crippen LogP contribution is -2.13. The fourth-order valence-corrected chi connectivity index (χ4v) is 1.57. The van der Waals surface area contributed by atoms with Crippen LogP contribution in [-0.2, 0) is 0 Å². The van der Waals surface area contributed by atoms with Gasteiger partial charge < -0.3 is 0 Å². The summed E-state index contributed by atoms with van der Waals surface area (Å²) in [5.74, 6) is -0.472. The molecule has 1 rings (SSSR count). The molecule has 0 bridgehead atoms. The summed E-state index contributed by atoms with van der Waals surface area (Å²) in [7, 11) is 0. The summed E-state index contributed by atoms with van der Waals surface area (Å²) >= 11 is 5.79. The van der Waals surface area contributed by atoms with E-state index in [0.717, 1.165) is 6.07 Å². The number of halogens is 2. The molecule has 82 valence electrons. The average Bonchev–Trinajstić information content (AvgIpc) is 1.99. The Morgan fingerprint density at radius 3 is 2.47 bits per heavy atom. The molecule has 0 heterocycles. The summed E-state index contributed by atoms with van der Waals surface area (Å²) in [5.41, 5.74) is 0.308. The quantitative estimate of drug-likeness (QED) is 0.697. The van der Waals surface area contributed by atoms with Gasteiger partial charge in [-0.25, -0.2) is 4.39 Å². The first kappa shape index (κ1) is 12.2. The third-order valence-corrected chi connectivity index (χ3v) is 2.24. The Bertz CT molecular complexity index is 380. The third kappa shape index (κ3) is 3.63. The van der Waals surface area contributed by atoms with Crippen LogP contribution >= 0.6 is 11.6 Å². The van der Waals surface area contributed by atoms with E-state index in [1.807, 2.05) is 20.8 Å². The predicted octanol–water partition coefficient (Wildman–Crippen LogP) is 4.10. The molecule has 0 unspecified atom stereocenters. The van der Waals surface area contributed by atoms with Gasteiger partial charge in [0.25, 0.3) is 0 Å². The third-order valence-electron chi connectivity index (χ3n) is 1.92. The molecule has 0 spiro atoms. The summed E-state index contributed by atoms with van der Waals surface area (Å²) in [6.07, 6.45) is 0.401. The van der Waals surface area contributed by atoms with Gasteiger partial charge >= 0.3 is 0 Å². The van der Waals surface area contributed by atoms with Crippen LogP contribution in [0.3, 0.4) is 0 Å². The first-order chi connectivity index (χ1) is 6.79. The van der Waals surface area contributed by atoms with E-state index in [1.54, 1.807) is 0 Å². The number of carbonyl (C=O) groups is 1. The predicted molar refractivity (Wildman–Crippen MR) is 59.8 cm³/mol. The molecule has 0 N–H and O–H groups in total. The molecule has 0 aliphatic carbocycles. The first-order valence-corrected chi connectivity index (χ1v) is 5.16. The monoisotopic (exact) mass is 228 g/mol. The first-order valence-electron chi connectivity index (χ1n) is 4.78. The van der Waals surface area contributed by atoms with Crippen molar-refractivity contribution in [3.63, 3.8) is 0 Å². The lowest BCUT2D eigenvalue weighted by molar-refractivity contribution is 0.0940. The van der Waals surface area contributed by atoms with Gasteiger partial charge in [0.2, 0.25) is 0 Å².